The van der Waals surface area contributed by atoms with Gasteiger partial charge in [-0.2, -0.15) is 0 Å². The molecule has 100 valence electrons. The third-order valence-electron chi connectivity index (χ3n) is 3.26. The van der Waals surface area contributed by atoms with E-state index in [9.17, 15) is 9.59 Å². The first kappa shape index (κ1) is 12.6. The summed E-state index contributed by atoms with van der Waals surface area (Å²) in [6.45, 7) is -0.0675. The predicted molar refractivity (Wildman–Crippen MR) is 72.3 cm³/mol. The fourth-order valence-electron chi connectivity index (χ4n) is 2.39. The van der Waals surface area contributed by atoms with E-state index in [0.29, 0.717) is 22.4 Å². The highest BCUT2D eigenvalue weighted by Gasteiger charge is 2.31. The summed E-state index contributed by atoms with van der Waals surface area (Å²) in [7, 11) is 0. The number of rotatable bonds is 3. The van der Waals surface area contributed by atoms with E-state index in [1.165, 1.54) is 0 Å². The molecule has 0 fully saturated rings. The van der Waals surface area contributed by atoms with Crippen LogP contribution >= 0.6 is 0 Å². The maximum absolute atomic E-state index is 12.5. The number of ether oxygens (including phenoxy) is 1. The van der Waals surface area contributed by atoms with Gasteiger partial charge in [-0.05, 0) is 6.07 Å². The Kier molecular flexibility index (Phi) is 3.08. The van der Waals surface area contributed by atoms with E-state index >= 15 is 0 Å². The average molecular weight is 268 g/mol. The lowest BCUT2D eigenvalue weighted by atomic mass is 9.83. The third-order valence-corrected chi connectivity index (χ3v) is 3.26. The standard InChI is InChI=1S/C16H12O4/c17-8-9-20-13-7-3-6-12-14(13)16(19)11-5-2-1-4-10(11)15(12)18/h1-7,17H,8-9H2. The van der Waals surface area contributed by atoms with E-state index in [1.807, 2.05) is 0 Å². The molecule has 1 aliphatic carbocycles. The van der Waals surface area contributed by atoms with Crippen LogP contribution < -0.4 is 4.74 Å². The van der Waals surface area contributed by atoms with Crippen LogP contribution in [0, 0.1) is 0 Å². The molecule has 2 aromatic rings. The van der Waals surface area contributed by atoms with Gasteiger partial charge in [-0.25, -0.2) is 0 Å². The fraction of sp³-hybridized carbons (Fsp3) is 0.125. The number of ketones is 2. The molecule has 4 nitrogen and oxygen atoms in total. The summed E-state index contributed by atoms with van der Waals surface area (Å²) >= 11 is 0. The van der Waals surface area contributed by atoms with Crippen LogP contribution in [-0.4, -0.2) is 29.9 Å². The number of carbonyl (C=O) groups excluding carboxylic acids is 2. The Morgan fingerprint density at radius 1 is 0.850 bits per heavy atom. The highest BCUT2D eigenvalue weighted by atomic mass is 16.5. The number of fused-ring (bicyclic) bond motifs is 2. The first-order valence-corrected chi connectivity index (χ1v) is 6.29. The highest BCUT2D eigenvalue weighted by Crippen LogP contribution is 2.32. The van der Waals surface area contributed by atoms with Gasteiger partial charge in [0.15, 0.2) is 11.6 Å². The maximum atomic E-state index is 12.5. The van der Waals surface area contributed by atoms with E-state index in [1.54, 1.807) is 42.5 Å². The van der Waals surface area contributed by atoms with Crippen LogP contribution in [0.15, 0.2) is 42.5 Å². The number of aliphatic hydroxyl groups excluding tert-OH is 1. The number of hydrogen-bond donors (Lipinski definition) is 1. The lowest BCUT2D eigenvalue weighted by Gasteiger charge is -2.19. The smallest absolute Gasteiger partial charge is 0.198 e. The summed E-state index contributed by atoms with van der Waals surface area (Å²) in [6.07, 6.45) is 0. The van der Waals surface area contributed by atoms with E-state index in [2.05, 4.69) is 0 Å². The van der Waals surface area contributed by atoms with Gasteiger partial charge in [-0.3, -0.25) is 9.59 Å². The molecule has 0 spiro atoms. The zero-order valence-corrected chi connectivity index (χ0v) is 10.6. The number of benzene rings is 2. The largest absolute Gasteiger partial charge is 0.490 e. The molecule has 0 aliphatic heterocycles. The maximum Gasteiger partial charge on any atom is 0.198 e. The SMILES string of the molecule is O=C1c2ccccc2C(=O)c2c(OCCO)cccc21. The minimum Gasteiger partial charge on any atom is -0.490 e. The second-order valence-electron chi connectivity index (χ2n) is 4.45. The molecule has 0 atom stereocenters. The fourth-order valence-corrected chi connectivity index (χ4v) is 2.39. The zero-order chi connectivity index (χ0) is 14.1. The first-order valence-electron chi connectivity index (χ1n) is 6.29. The van der Waals surface area contributed by atoms with Gasteiger partial charge in [0.1, 0.15) is 12.4 Å². The van der Waals surface area contributed by atoms with Crippen molar-refractivity contribution in [1.29, 1.82) is 0 Å². The number of carbonyl (C=O) groups is 2. The van der Waals surface area contributed by atoms with Crippen molar-refractivity contribution in [1.82, 2.24) is 0 Å². The topological polar surface area (TPSA) is 63.6 Å². The van der Waals surface area contributed by atoms with Crippen molar-refractivity contribution < 1.29 is 19.4 Å². The number of aliphatic hydroxyl groups is 1. The second-order valence-corrected chi connectivity index (χ2v) is 4.45. The summed E-state index contributed by atoms with van der Waals surface area (Å²) in [5, 5.41) is 8.83. The van der Waals surface area contributed by atoms with Gasteiger partial charge in [-0.1, -0.05) is 36.4 Å². The van der Waals surface area contributed by atoms with Crippen molar-refractivity contribution in [2.45, 2.75) is 0 Å². The summed E-state index contributed by atoms with van der Waals surface area (Å²) in [4.78, 5) is 25.0. The summed E-state index contributed by atoms with van der Waals surface area (Å²) in [5.74, 6) is -0.0576. The second kappa shape index (κ2) is 4.90. The van der Waals surface area contributed by atoms with Crippen LogP contribution in [0.1, 0.15) is 31.8 Å². The van der Waals surface area contributed by atoms with Crippen molar-refractivity contribution in [2.75, 3.05) is 13.2 Å². The molecule has 2 aromatic carbocycles. The van der Waals surface area contributed by atoms with Gasteiger partial charge in [0.25, 0.3) is 0 Å². The Morgan fingerprint density at radius 2 is 1.50 bits per heavy atom. The Hall–Kier alpha value is -2.46. The van der Waals surface area contributed by atoms with Gasteiger partial charge in [-0.15, -0.1) is 0 Å². The molecule has 0 heterocycles. The van der Waals surface area contributed by atoms with E-state index in [0.717, 1.165) is 0 Å². The minimum absolute atomic E-state index is 0.0829. The molecule has 0 amide bonds. The minimum atomic E-state index is -0.219. The molecule has 0 radical (unpaired) electrons. The molecular formula is C16H12O4. The number of hydrogen-bond acceptors (Lipinski definition) is 4. The van der Waals surface area contributed by atoms with Crippen LogP contribution in [0.5, 0.6) is 5.75 Å². The molecule has 0 bridgehead atoms. The molecule has 3 rings (SSSR count). The van der Waals surface area contributed by atoms with Gasteiger partial charge in [0.2, 0.25) is 0 Å². The van der Waals surface area contributed by atoms with Crippen molar-refractivity contribution in [3.63, 3.8) is 0 Å². The lowest BCUT2D eigenvalue weighted by molar-refractivity contribution is 0.0974. The molecule has 20 heavy (non-hydrogen) atoms. The molecule has 4 heteroatoms. The molecule has 0 unspecified atom stereocenters. The van der Waals surface area contributed by atoms with Crippen LogP contribution in [0.3, 0.4) is 0 Å². The third kappa shape index (κ3) is 1.82. The highest BCUT2D eigenvalue weighted by molar-refractivity contribution is 6.29. The average Bonchev–Trinajstić information content (AvgIpc) is 2.50. The molecule has 1 aliphatic rings. The Morgan fingerprint density at radius 3 is 2.20 bits per heavy atom. The van der Waals surface area contributed by atoms with E-state index in [-0.39, 0.29) is 30.3 Å². The van der Waals surface area contributed by atoms with Crippen molar-refractivity contribution >= 4 is 11.6 Å². The monoisotopic (exact) mass is 268 g/mol. The molecule has 0 aromatic heterocycles. The van der Waals surface area contributed by atoms with Gasteiger partial charge < -0.3 is 9.84 Å². The molecule has 0 saturated carbocycles. The predicted octanol–water partition coefficient (Wildman–Crippen LogP) is 1.83. The quantitative estimate of drug-likeness (QED) is 0.787. The Bertz CT molecular complexity index is 703. The summed E-state index contributed by atoms with van der Waals surface area (Å²) < 4.78 is 5.36. The van der Waals surface area contributed by atoms with E-state index in [4.69, 9.17) is 9.84 Å². The zero-order valence-electron chi connectivity index (χ0n) is 10.6. The van der Waals surface area contributed by atoms with Crippen LogP contribution in [0.25, 0.3) is 0 Å². The van der Waals surface area contributed by atoms with Crippen LogP contribution in [0.4, 0.5) is 0 Å². The Balaban J connectivity index is 2.18. The normalized spacial score (nSPS) is 12.8. The van der Waals surface area contributed by atoms with Crippen molar-refractivity contribution in [2.24, 2.45) is 0 Å². The van der Waals surface area contributed by atoms with E-state index < -0.39 is 0 Å². The first-order chi connectivity index (χ1) is 9.74. The van der Waals surface area contributed by atoms with Gasteiger partial charge >= 0.3 is 0 Å². The lowest BCUT2D eigenvalue weighted by Crippen LogP contribution is -2.22. The van der Waals surface area contributed by atoms with Crippen LogP contribution in [0.2, 0.25) is 0 Å². The van der Waals surface area contributed by atoms with Crippen molar-refractivity contribution in [3.8, 4) is 5.75 Å². The molecule has 0 saturated heterocycles. The van der Waals surface area contributed by atoms with Gasteiger partial charge in [0, 0.05) is 16.7 Å². The Labute approximate surface area is 115 Å². The van der Waals surface area contributed by atoms with Crippen LogP contribution in [-0.2, 0) is 0 Å². The van der Waals surface area contributed by atoms with Crippen molar-refractivity contribution in [3.05, 3.63) is 64.7 Å². The van der Waals surface area contributed by atoms with Gasteiger partial charge in [0.05, 0.1) is 12.2 Å². The summed E-state index contributed by atoms with van der Waals surface area (Å²) in [5.41, 5.74) is 1.45. The molecular weight excluding hydrogens is 256 g/mol. The summed E-state index contributed by atoms with van der Waals surface area (Å²) in [6, 6.07) is 11.7. The molecule has 1 N–H and O–H groups in total.